The minimum atomic E-state index is 0.146. The third-order valence-electron chi connectivity index (χ3n) is 6.44. The number of phenolic OH excluding ortho intramolecular Hbond substituents is 2. The molecule has 1 aromatic carbocycles. The maximum Gasteiger partial charge on any atom is 0.119 e. The van der Waals surface area contributed by atoms with E-state index in [9.17, 15) is 10.2 Å². The summed E-state index contributed by atoms with van der Waals surface area (Å²) in [5, 5.41) is 19.9. The normalized spacial score (nSPS) is 38.1. The molecule has 1 aliphatic heterocycles. The Morgan fingerprint density at radius 3 is 2.50 bits per heavy atom. The second kappa shape index (κ2) is 5.65. The van der Waals surface area contributed by atoms with Crippen molar-refractivity contribution in [1.82, 2.24) is 0 Å². The summed E-state index contributed by atoms with van der Waals surface area (Å²) in [6.45, 7) is 7.82. The number of aromatic hydroxyl groups is 2. The van der Waals surface area contributed by atoms with E-state index in [1.165, 1.54) is 23.8 Å². The van der Waals surface area contributed by atoms with Gasteiger partial charge in [-0.15, -0.1) is 0 Å². The maximum atomic E-state index is 9.94. The van der Waals surface area contributed by atoms with E-state index in [-0.39, 0.29) is 17.4 Å². The molecule has 128 valence electrons. The number of phenols is 2. The van der Waals surface area contributed by atoms with Crippen molar-refractivity contribution in [2.45, 2.75) is 39.5 Å². The number of benzene rings is 1. The molecule has 24 heavy (non-hydrogen) atoms. The molecule has 1 aromatic rings. The maximum absolute atomic E-state index is 9.94. The van der Waals surface area contributed by atoms with Crippen LogP contribution in [0.4, 0.5) is 0 Å². The van der Waals surface area contributed by atoms with Gasteiger partial charge in [0.05, 0.1) is 0 Å². The van der Waals surface area contributed by atoms with Crippen LogP contribution in [0.1, 0.15) is 45.1 Å². The largest absolute Gasteiger partial charge is 0.508 e. The molecule has 0 spiro atoms. The van der Waals surface area contributed by atoms with E-state index in [4.69, 9.17) is 4.99 Å². The molecular formula is C21H27NO2. The molecule has 2 aliphatic carbocycles. The van der Waals surface area contributed by atoms with Gasteiger partial charge >= 0.3 is 0 Å². The quantitative estimate of drug-likeness (QED) is 0.746. The number of aliphatic imine (C=N–C) groups is 1. The zero-order chi connectivity index (χ0) is 17.0. The molecule has 1 fully saturated rings. The summed E-state index contributed by atoms with van der Waals surface area (Å²) >= 11 is 0. The minimum Gasteiger partial charge on any atom is -0.508 e. The van der Waals surface area contributed by atoms with Crippen LogP contribution < -0.4 is 0 Å². The van der Waals surface area contributed by atoms with Crippen molar-refractivity contribution in [2.24, 2.45) is 34.6 Å². The highest BCUT2D eigenvalue weighted by Gasteiger charge is 2.48. The third-order valence-corrected chi connectivity index (χ3v) is 6.44. The molecule has 6 atom stereocenters. The Bertz CT molecular complexity index is 700. The smallest absolute Gasteiger partial charge is 0.119 e. The lowest BCUT2D eigenvalue weighted by atomic mass is 9.55. The molecule has 3 heteroatoms. The number of rotatable bonds is 1. The van der Waals surface area contributed by atoms with Gasteiger partial charge < -0.3 is 10.2 Å². The Balaban J connectivity index is 1.83. The lowest BCUT2D eigenvalue weighted by Crippen LogP contribution is -2.48. The summed E-state index contributed by atoms with van der Waals surface area (Å²) in [6, 6.07) is 5.04. The standard InChI is InChI=1S/C21H27NO2/c1-11-4-17-12(2)6-18(14-7-15(23)9-16(24)8-14)20-13(3)10-22-19(5-11)21(17)20/h6-9,11,13,17-18,20-21,23-24H,4-5,10H2,1-3H3/t11-,13+,17-,18-,20+,21-/m1/s1. The molecule has 3 aliphatic rings. The highest BCUT2D eigenvalue weighted by molar-refractivity contribution is 5.89. The minimum absolute atomic E-state index is 0.146. The van der Waals surface area contributed by atoms with E-state index in [1.54, 1.807) is 0 Å². The lowest BCUT2D eigenvalue weighted by molar-refractivity contribution is 0.163. The summed E-state index contributed by atoms with van der Waals surface area (Å²) < 4.78 is 0. The molecule has 0 saturated heterocycles. The van der Waals surface area contributed by atoms with Gasteiger partial charge in [-0.1, -0.05) is 25.5 Å². The van der Waals surface area contributed by atoms with Gasteiger partial charge in [-0.3, -0.25) is 4.99 Å². The Hall–Kier alpha value is -1.77. The molecule has 0 amide bonds. The highest BCUT2D eigenvalue weighted by atomic mass is 16.3. The van der Waals surface area contributed by atoms with Gasteiger partial charge in [0, 0.05) is 30.2 Å². The summed E-state index contributed by atoms with van der Waals surface area (Å²) in [5.74, 6) is 3.43. The molecule has 0 radical (unpaired) electrons. The number of hydrogen-bond acceptors (Lipinski definition) is 3. The van der Waals surface area contributed by atoms with Gasteiger partial charge in [0.2, 0.25) is 0 Å². The topological polar surface area (TPSA) is 52.8 Å². The Kier molecular flexibility index (Phi) is 3.70. The van der Waals surface area contributed by atoms with Gasteiger partial charge in [-0.05, 0) is 61.1 Å². The first-order valence-corrected chi connectivity index (χ1v) is 9.18. The van der Waals surface area contributed by atoms with Crippen LogP contribution in [0.2, 0.25) is 0 Å². The first kappa shape index (κ1) is 15.7. The van der Waals surface area contributed by atoms with Crippen molar-refractivity contribution in [3.8, 4) is 11.5 Å². The zero-order valence-corrected chi connectivity index (χ0v) is 14.7. The van der Waals surface area contributed by atoms with Crippen LogP contribution >= 0.6 is 0 Å². The third kappa shape index (κ3) is 2.45. The van der Waals surface area contributed by atoms with E-state index in [0.717, 1.165) is 18.5 Å². The number of nitrogens with zero attached hydrogens (tertiary/aromatic N) is 1. The first-order chi connectivity index (χ1) is 11.4. The first-order valence-electron chi connectivity index (χ1n) is 9.18. The zero-order valence-electron chi connectivity index (χ0n) is 14.7. The molecule has 0 aromatic heterocycles. The second-order valence-electron chi connectivity index (χ2n) is 8.28. The van der Waals surface area contributed by atoms with E-state index < -0.39 is 0 Å². The average Bonchev–Trinajstić information content (AvgIpc) is 2.51. The van der Waals surface area contributed by atoms with E-state index in [1.807, 2.05) is 12.1 Å². The van der Waals surface area contributed by atoms with Crippen molar-refractivity contribution >= 4 is 5.71 Å². The average molecular weight is 325 g/mol. The Labute approximate surface area is 144 Å². The molecule has 3 nitrogen and oxygen atoms in total. The van der Waals surface area contributed by atoms with Gasteiger partial charge in [-0.25, -0.2) is 0 Å². The Morgan fingerprint density at radius 2 is 1.79 bits per heavy atom. The van der Waals surface area contributed by atoms with Crippen LogP contribution in [-0.2, 0) is 0 Å². The summed E-state index contributed by atoms with van der Waals surface area (Å²) in [7, 11) is 0. The van der Waals surface area contributed by atoms with Crippen LogP contribution in [0.5, 0.6) is 11.5 Å². The summed E-state index contributed by atoms with van der Waals surface area (Å²) in [6.07, 6.45) is 4.79. The summed E-state index contributed by atoms with van der Waals surface area (Å²) in [4.78, 5) is 4.95. The predicted molar refractivity (Wildman–Crippen MR) is 96.6 cm³/mol. The molecular weight excluding hydrogens is 298 g/mol. The van der Waals surface area contributed by atoms with Crippen molar-refractivity contribution in [1.29, 1.82) is 0 Å². The van der Waals surface area contributed by atoms with Crippen molar-refractivity contribution < 1.29 is 10.2 Å². The second-order valence-corrected chi connectivity index (χ2v) is 8.28. The van der Waals surface area contributed by atoms with Crippen molar-refractivity contribution in [3.05, 3.63) is 35.4 Å². The van der Waals surface area contributed by atoms with Crippen molar-refractivity contribution in [3.63, 3.8) is 0 Å². The van der Waals surface area contributed by atoms with Crippen LogP contribution in [0.25, 0.3) is 0 Å². The van der Waals surface area contributed by atoms with Gasteiger partial charge in [-0.2, -0.15) is 0 Å². The SMILES string of the molecule is CC1=C[C@H](c2cc(O)cc(O)c2)[C@H]2[C@H]3C(=NC[C@@H]2C)C[C@H](C)C[C@H]13. The monoisotopic (exact) mass is 325 g/mol. The van der Waals surface area contributed by atoms with E-state index >= 15 is 0 Å². The molecule has 2 N–H and O–H groups in total. The molecule has 1 heterocycles. The lowest BCUT2D eigenvalue weighted by Gasteiger charge is -2.51. The van der Waals surface area contributed by atoms with Crippen LogP contribution in [-0.4, -0.2) is 22.5 Å². The number of hydrogen-bond donors (Lipinski definition) is 2. The molecule has 1 saturated carbocycles. The van der Waals surface area contributed by atoms with E-state index in [0.29, 0.717) is 29.6 Å². The fraction of sp³-hybridized carbons (Fsp3) is 0.571. The molecule has 0 bridgehead atoms. The number of allylic oxidation sites excluding steroid dienone is 2. The van der Waals surface area contributed by atoms with Crippen LogP contribution in [0.15, 0.2) is 34.8 Å². The van der Waals surface area contributed by atoms with Gasteiger partial charge in [0.25, 0.3) is 0 Å². The Morgan fingerprint density at radius 1 is 1.08 bits per heavy atom. The fourth-order valence-electron chi connectivity index (χ4n) is 5.48. The van der Waals surface area contributed by atoms with Gasteiger partial charge in [0.15, 0.2) is 0 Å². The van der Waals surface area contributed by atoms with Crippen LogP contribution in [0.3, 0.4) is 0 Å². The predicted octanol–water partition coefficient (Wildman–Crippen LogP) is 4.51. The van der Waals surface area contributed by atoms with Gasteiger partial charge in [0.1, 0.15) is 11.5 Å². The fourth-order valence-corrected chi connectivity index (χ4v) is 5.48. The van der Waals surface area contributed by atoms with Crippen molar-refractivity contribution in [2.75, 3.05) is 6.54 Å². The highest BCUT2D eigenvalue weighted by Crippen LogP contribution is 2.53. The molecule has 0 unspecified atom stereocenters. The van der Waals surface area contributed by atoms with Crippen LogP contribution in [0, 0.1) is 29.6 Å². The van der Waals surface area contributed by atoms with E-state index in [2.05, 4.69) is 26.8 Å². The molecule has 4 rings (SSSR count). The summed E-state index contributed by atoms with van der Waals surface area (Å²) in [5.41, 5.74) is 3.91.